The van der Waals surface area contributed by atoms with Crippen molar-refractivity contribution in [1.29, 1.82) is 0 Å². The van der Waals surface area contributed by atoms with Gasteiger partial charge < -0.3 is 35.5 Å². The highest BCUT2D eigenvalue weighted by Gasteiger charge is 2.31. The van der Waals surface area contributed by atoms with Crippen LogP contribution >= 0.6 is 0 Å². The second-order valence-corrected chi connectivity index (χ2v) is 11.5. The number of carbonyl (C=O) groups is 4. The minimum atomic E-state index is -1.37. The first kappa shape index (κ1) is 35.7. The van der Waals surface area contributed by atoms with Gasteiger partial charge in [-0.25, -0.2) is 14.6 Å². The Bertz CT molecular complexity index is 1840. The van der Waals surface area contributed by atoms with Crippen molar-refractivity contribution in [3.63, 3.8) is 0 Å². The molecule has 0 bridgehead atoms. The van der Waals surface area contributed by atoms with E-state index in [0.29, 0.717) is 29.3 Å². The van der Waals surface area contributed by atoms with Crippen LogP contribution in [-0.4, -0.2) is 67.0 Å². The normalized spacial score (nSPS) is 12.5. The van der Waals surface area contributed by atoms with Crippen molar-refractivity contribution >= 4 is 23.9 Å². The monoisotopic (exact) mass is 691 g/mol. The van der Waals surface area contributed by atoms with E-state index in [-0.39, 0.29) is 25.9 Å². The molecule has 0 saturated heterocycles. The van der Waals surface area contributed by atoms with Gasteiger partial charge in [-0.05, 0) is 28.8 Å². The first-order valence-corrected chi connectivity index (χ1v) is 16.1. The second kappa shape index (κ2) is 18.3. The predicted octanol–water partition coefficient (Wildman–Crippen LogP) is 3.16. The van der Waals surface area contributed by atoms with Crippen LogP contribution in [0.15, 0.2) is 116 Å². The fourth-order valence-electron chi connectivity index (χ4n) is 5.03. The number of ether oxygens (including phenoxy) is 2. The number of aliphatic carboxylic acids is 1. The molecule has 0 aliphatic carbocycles. The highest BCUT2D eigenvalue weighted by Crippen LogP contribution is 2.16. The van der Waals surface area contributed by atoms with Crippen LogP contribution in [0.3, 0.4) is 0 Å². The van der Waals surface area contributed by atoms with Gasteiger partial charge in [-0.2, -0.15) is 0 Å². The van der Waals surface area contributed by atoms with E-state index < -0.39 is 42.0 Å². The molecule has 0 aliphatic rings. The van der Waals surface area contributed by atoms with Gasteiger partial charge in [0.15, 0.2) is 0 Å². The third kappa shape index (κ3) is 11.5. The van der Waals surface area contributed by atoms with Gasteiger partial charge in [0.1, 0.15) is 37.1 Å². The summed E-state index contributed by atoms with van der Waals surface area (Å²) >= 11 is 0. The zero-order valence-electron chi connectivity index (χ0n) is 27.5. The molecule has 2 heterocycles. The standard InChI is InChI=1S/C37H37N7O7/c45-34(43-33(36(47)48)19-28-20-38-15-16-40-28)31(17-25-11-13-30(14-12-25)50-22-26-7-3-1-4-8-26)42-35(46)32(18-29-21-39-24-41-29)44-37(49)51-23-27-9-5-2-6-10-27/h1-16,20-21,24,31-33H,17-19,22-23H2,(H,39,41)(H,42,46)(H,43,45)(H,44,49)(H,47,48)/t31-,32-,33-/m0/s1. The third-order valence-corrected chi connectivity index (χ3v) is 7.69. The van der Waals surface area contributed by atoms with Crippen molar-refractivity contribution in [2.75, 3.05) is 0 Å². The molecule has 5 rings (SSSR count). The maximum atomic E-state index is 13.8. The smallest absolute Gasteiger partial charge is 0.408 e. The van der Waals surface area contributed by atoms with E-state index in [1.165, 1.54) is 31.1 Å². The van der Waals surface area contributed by atoms with Crippen molar-refractivity contribution in [3.05, 3.63) is 144 Å². The highest BCUT2D eigenvalue weighted by molar-refractivity contribution is 5.93. The Labute approximate surface area is 293 Å². The number of H-pyrrole nitrogens is 1. The summed E-state index contributed by atoms with van der Waals surface area (Å²) in [5, 5.41) is 17.8. The molecule has 14 nitrogen and oxygen atoms in total. The summed E-state index contributed by atoms with van der Waals surface area (Å²) in [6, 6.07) is 21.9. The first-order chi connectivity index (χ1) is 24.8. The Kier molecular flexibility index (Phi) is 12.8. The number of rotatable bonds is 17. The number of aromatic nitrogens is 4. The molecule has 3 aromatic carbocycles. The number of hydrogen-bond acceptors (Lipinski definition) is 9. The van der Waals surface area contributed by atoms with Crippen molar-refractivity contribution in [2.45, 2.75) is 50.6 Å². The average Bonchev–Trinajstić information content (AvgIpc) is 3.67. The highest BCUT2D eigenvalue weighted by atomic mass is 16.5. The molecule has 0 aliphatic heterocycles. The lowest BCUT2D eigenvalue weighted by Gasteiger charge is -2.24. The number of benzene rings is 3. The van der Waals surface area contributed by atoms with Gasteiger partial charge >= 0.3 is 12.1 Å². The van der Waals surface area contributed by atoms with Gasteiger partial charge in [0.2, 0.25) is 11.8 Å². The number of amides is 3. The van der Waals surface area contributed by atoms with E-state index in [9.17, 15) is 24.3 Å². The number of nitrogens with zero attached hydrogens (tertiary/aromatic N) is 3. The Morgan fingerprint density at radius 2 is 1.31 bits per heavy atom. The molecule has 5 N–H and O–H groups in total. The van der Waals surface area contributed by atoms with Crippen LogP contribution in [0.2, 0.25) is 0 Å². The summed E-state index contributed by atoms with van der Waals surface area (Å²) in [6.45, 7) is 0.339. The molecular formula is C37H37N7O7. The summed E-state index contributed by atoms with van der Waals surface area (Å²) in [4.78, 5) is 67.6. The zero-order chi connectivity index (χ0) is 35.8. The number of hydrogen-bond donors (Lipinski definition) is 5. The van der Waals surface area contributed by atoms with E-state index in [4.69, 9.17) is 9.47 Å². The summed E-state index contributed by atoms with van der Waals surface area (Å²) < 4.78 is 11.2. The largest absolute Gasteiger partial charge is 0.489 e. The number of carbonyl (C=O) groups excluding carboxylic acids is 3. The van der Waals surface area contributed by atoms with E-state index in [1.54, 1.807) is 36.4 Å². The molecular weight excluding hydrogens is 654 g/mol. The van der Waals surface area contributed by atoms with Gasteiger partial charge in [-0.3, -0.25) is 19.6 Å². The molecule has 3 amide bonds. The van der Waals surface area contributed by atoms with Gasteiger partial charge in [-0.15, -0.1) is 0 Å². The first-order valence-electron chi connectivity index (χ1n) is 16.1. The minimum Gasteiger partial charge on any atom is -0.489 e. The molecule has 0 fully saturated rings. The number of carboxylic acids is 1. The van der Waals surface area contributed by atoms with E-state index in [1.807, 2.05) is 48.5 Å². The van der Waals surface area contributed by atoms with Crippen molar-refractivity contribution in [3.8, 4) is 5.75 Å². The molecule has 51 heavy (non-hydrogen) atoms. The molecule has 5 aromatic rings. The van der Waals surface area contributed by atoms with Gasteiger partial charge in [0.05, 0.1) is 12.0 Å². The fraction of sp³-hybridized carbons (Fsp3) is 0.216. The Balaban J connectivity index is 1.32. The van der Waals surface area contributed by atoms with Crippen LogP contribution in [0.25, 0.3) is 0 Å². The molecule has 3 atom stereocenters. The van der Waals surface area contributed by atoms with Crippen LogP contribution in [0.4, 0.5) is 4.79 Å². The summed E-state index contributed by atoms with van der Waals surface area (Å²) in [6.07, 6.45) is 6.22. The van der Waals surface area contributed by atoms with E-state index in [0.717, 1.165) is 11.1 Å². The molecule has 2 aromatic heterocycles. The van der Waals surface area contributed by atoms with Crippen LogP contribution in [-0.2, 0) is 51.6 Å². The maximum Gasteiger partial charge on any atom is 0.408 e. The van der Waals surface area contributed by atoms with Gasteiger partial charge in [0, 0.05) is 49.7 Å². The van der Waals surface area contributed by atoms with Gasteiger partial charge in [-0.1, -0.05) is 72.8 Å². The molecule has 0 unspecified atom stereocenters. The number of imidazole rings is 1. The van der Waals surface area contributed by atoms with Crippen LogP contribution in [0.5, 0.6) is 5.75 Å². The van der Waals surface area contributed by atoms with E-state index in [2.05, 4.69) is 35.9 Å². The topological polar surface area (TPSA) is 198 Å². The molecule has 14 heteroatoms. The van der Waals surface area contributed by atoms with Gasteiger partial charge in [0.25, 0.3) is 0 Å². The maximum absolute atomic E-state index is 13.8. The average molecular weight is 692 g/mol. The fourth-order valence-corrected chi connectivity index (χ4v) is 5.03. The number of nitrogens with one attached hydrogen (secondary N) is 4. The Morgan fingerprint density at radius 1 is 0.667 bits per heavy atom. The summed E-state index contributed by atoms with van der Waals surface area (Å²) in [5.41, 5.74) is 3.31. The predicted molar refractivity (Wildman–Crippen MR) is 184 cm³/mol. The molecule has 0 saturated carbocycles. The zero-order valence-corrected chi connectivity index (χ0v) is 27.5. The Morgan fingerprint density at radius 3 is 1.92 bits per heavy atom. The second-order valence-electron chi connectivity index (χ2n) is 11.5. The van der Waals surface area contributed by atoms with Crippen LogP contribution < -0.4 is 20.7 Å². The minimum absolute atomic E-state index is 0.00150. The summed E-state index contributed by atoms with van der Waals surface area (Å²) in [7, 11) is 0. The van der Waals surface area contributed by atoms with E-state index >= 15 is 0 Å². The quantitative estimate of drug-likeness (QED) is 0.0966. The van der Waals surface area contributed by atoms with Crippen molar-refractivity contribution < 1.29 is 33.8 Å². The molecule has 0 radical (unpaired) electrons. The SMILES string of the molecule is O=C(N[C@@H](Cc1cnc[nH]1)C(=O)N[C@@H](Cc1ccc(OCc2ccccc2)cc1)C(=O)N[C@@H](Cc1cnccn1)C(=O)O)OCc1ccccc1. The lowest BCUT2D eigenvalue weighted by Crippen LogP contribution is -2.57. The number of alkyl carbamates (subject to hydrolysis) is 1. The third-order valence-electron chi connectivity index (χ3n) is 7.69. The van der Waals surface area contributed by atoms with Crippen LogP contribution in [0.1, 0.15) is 28.1 Å². The van der Waals surface area contributed by atoms with Crippen molar-refractivity contribution in [2.24, 2.45) is 0 Å². The molecule has 262 valence electrons. The van der Waals surface area contributed by atoms with Crippen LogP contribution in [0, 0.1) is 0 Å². The molecule has 0 spiro atoms. The lowest BCUT2D eigenvalue weighted by molar-refractivity contribution is -0.142. The Hall–Kier alpha value is -6.57. The number of aromatic amines is 1. The van der Waals surface area contributed by atoms with Crippen molar-refractivity contribution in [1.82, 2.24) is 35.9 Å². The summed E-state index contributed by atoms with van der Waals surface area (Å²) in [5.74, 6) is -2.15. The lowest BCUT2D eigenvalue weighted by atomic mass is 10.0. The number of carboxylic acid groups (broad SMARTS) is 1.